The van der Waals surface area contributed by atoms with Crippen molar-refractivity contribution < 1.29 is 64.6 Å². The second-order valence-electron chi connectivity index (χ2n) is 22.8. The standard InChI is InChI=1S/C68H119NO13/c1-3-5-7-9-11-13-15-17-19-21-23-25-27-28-30-31-33-35-37-39-41-43-45-47-49-51-57(72)56(55-79-67-65(78)63(76)66(59(54-71)81-67)82-68-64(77)62(75)61(74)58(53-70)80-68)69-60(73)52-50-48-46-44-42-40-38-36-34-32-29-26-24-22-20-18-16-14-12-10-8-6-4-2/h6,8,12,14,18,20,24,26,33,35,41,43,49,51,56-59,61-68,70-72,74-78H,3-5,7,9-11,13,15-17,19,21-23,25,27-32,34,36-40,42,44-48,50,52-55H2,1-2H3,(H,69,73)/b8-6-,14-12-,20-18-,26-24-,35-33+,43-41+,51-49+. The largest absolute Gasteiger partial charge is 0.394 e. The van der Waals surface area contributed by atoms with Gasteiger partial charge in [0.25, 0.3) is 0 Å². The van der Waals surface area contributed by atoms with Crippen LogP contribution in [0.3, 0.4) is 0 Å². The topological polar surface area (TPSA) is 228 Å². The third-order valence-electron chi connectivity index (χ3n) is 15.5. The molecule has 14 heteroatoms. The molecule has 0 radical (unpaired) electrons. The van der Waals surface area contributed by atoms with Crippen molar-refractivity contribution in [2.24, 2.45) is 0 Å². The Morgan fingerprint density at radius 3 is 1.34 bits per heavy atom. The number of allylic oxidation sites excluding steroid dienone is 13. The van der Waals surface area contributed by atoms with Gasteiger partial charge in [-0.25, -0.2) is 0 Å². The number of carbonyl (C=O) groups excluding carboxylic acids is 1. The molecule has 1 amide bonds. The first-order chi connectivity index (χ1) is 40.1. The molecule has 9 N–H and O–H groups in total. The van der Waals surface area contributed by atoms with E-state index in [2.05, 4.69) is 92.1 Å². The molecule has 0 saturated carbocycles. The van der Waals surface area contributed by atoms with Gasteiger partial charge in [-0.05, 0) is 83.5 Å². The van der Waals surface area contributed by atoms with E-state index >= 15 is 0 Å². The zero-order valence-electron chi connectivity index (χ0n) is 51.2. The third kappa shape index (κ3) is 36.9. The predicted molar refractivity (Wildman–Crippen MR) is 332 cm³/mol. The minimum Gasteiger partial charge on any atom is -0.394 e. The first kappa shape index (κ1) is 75.3. The summed E-state index contributed by atoms with van der Waals surface area (Å²) in [7, 11) is 0. The lowest BCUT2D eigenvalue weighted by atomic mass is 9.97. The zero-order chi connectivity index (χ0) is 59.5. The summed E-state index contributed by atoms with van der Waals surface area (Å²) in [6, 6.07) is -0.946. The number of ether oxygens (including phenoxy) is 4. The lowest BCUT2D eigenvalue weighted by molar-refractivity contribution is -0.359. The van der Waals surface area contributed by atoms with E-state index in [1.807, 2.05) is 6.08 Å². The monoisotopic (exact) mass is 1160 g/mol. The highest BCUT2D eigenvalue weighted by atomic mass is 16.7. The van der Waals surface area contributed by atoms with Gasteiger partial charge in [-0.3, -0.25) is 4.79 Å². The highest BCUT2D eigenvalue weighted by Crippen LogP contribution is 2.30. The Morgan fingerprint density at radius 1 is 0.451 bits per heavy atom. The number of unbranched alkanes of at least 4 members (excludes halogenated alkanes) is 27. The second-order valence-corrected chi connectivity index (χ2v) is 22.8. The van der Waals surface area contributed by atoms with E-state index in [4.69, 9.17) is 18.9 Å². The molecule has 2 rings (SSSR count). The Balaban J connectivity index is 1.75. The van der Waals surface area contributed by atoms with Crippen molar-refractivity contribution in [3.63, 3.8) is 0 Å². The number of hydrogen-bond donors (Lipinski definition) is 9. The lowest BCUT2D eigenvalue weighted by Crippen LogP contribution is -2.65. The van der Waals surface area contributed by atoms with Crippen LogP contribution in [0, 0.1) is 0 Å². The maximum absolute atomic E-state index is 13.3. The van der Waals surface area contributed by atoms with E-state index in [9.17, 15) is 45.6 Å². The van der Waals surface area contributed by atoms with Crippen LogP contribution in [0.1, 0.15) is 245 Å². The molecule has 0 spiro atoms. The number of rotatable bonds is 52. The fourth-order valence-electron chi connectivity index (χ4n) is 10.3. The summed E-state index contributed by atoms with van der Waals surface area (Å²) in [4.78, 5) is 13.3. The number of aliphatic hydroxyl groups is 8. The third-order valence-corrected chi connectivity index (χ3v) is 15.5. The fourth-order valence-corrected chi connectivity index (χ4v) is 10.3. The number of hydrogen-bond acceptors (Lipinski definition) is 13. The Morgan fingerprint density at radius 2 is 0.854 bits per heavy atom. The first-order valence-electron chi connectivity index (χ1n) is 32.8. The average Bonchev–Trinajstić information content (AvgIpc) is 3.53. The molecule has 14 nitrogen and oxygen atoms in total. The number of nitrogens with one attached hydrogen (secondary N) is 1. The van der Waals surface area contributed by atoms with Crippen LogP contribution in [-0.4, -0.2) is 140 Å². The number of aliphatic hydroxyl groups excluding tert-OH is 8. The van der Waals surface area contributed by atoms with E-state index in [0.29, 0.717) is 12.8 Å². The van der Waals surface area contributed by atoms with Gasteiger partial charge in [-0.2, -0.15) is 0 Å². The first-order valence-corrected chi connectivity index (χ1v) is 32.8. The molecule has 474 valence electrons. The Labute approximate surface area is 497 Å². The van der Waals surface area contributed by atoms with Gasteiger partial charge in [0.2, 0.25) is 5.91 Å². The van der Waals surface area contributed by atoms with Gasteiger partial charge in [-0.15, -0.1) is 0 Å². The van der Waals surface area contributed by atoms with Crippen LogP contribution in [0.25, 0.3) is 0 Å². The van der Waals surface area contributed by atoms with Gasteiger partial charge in [0.05, 0.1) is 32.0 Å². The summed E-state index contributed by atoms with van der Waals surface area (Å²) in [5, 5.41) is 87.3. The van der Waals surface area contributed by atoms with Crippen LogP contribution in [0.5, 0.6) is 0 Å². The van der Waals surface area contributed by atoms with E-state index in [1.165, 1.54) is 135 Å². The van der Waals surface area contributed by atoms with Gasteiger partial charge in [0, 0.05) is 6.42 Å². The number of amides is 1. The minimum absolute atomic E-state index is 0.260. The van der Waals surface area contributed by atoms with Crippen molar-refractivity contribution in [3.8, 4) is 0 Å². The molecule has 82 heavy (non-hydrogen) atoms. The van der Waals surface area contributed by atoms with E-state index in [1.54, 1.807) is 6.08 Å². The summed E-state index contributed by atoms with van der Waals surface area (Å²) < 4.78 is 22.8. The maximum atomic E-state index is 13.3. The molecule has 12 atom stereocenters. The highest BCUT2D eigenvalue weighted by Gasteiger charge is 2.51. The van der Waals surface area contributed by atoms with Gasteiger partial charge < -0.3 is 65.1 Å². The van der Waals surface area contributed by atoms with Crippen molar-refractivity contribution in [1.82, 2.24) is 5.32 Å². The molecule has 2 saturated heterocycles. The van der Waals surface area contributed by atoms with E-state index < -0.39 is 86.8 Å². The van der Waals surface area contributed by atoms with Gasteiger partial charge in [-0.1, -0.05) is 240 Å². The summed E-state index contributed by atoms with van der Waals surface area (Å²) in [6.45, 7) is 2.67. The Kier molecular flexibility index (Phi) is 48.2. The fraction of sp³-hybridized carbons (Fsp3) is 0.779. The smallest absolute Gasteiger partial charge is 0.220 e. The Hall–Kier alpha value is -2.83. The van der Waals surface area contributed by atoms with Crippen LogP contribution >= 0.6 is 0 Å². The maximum Gasteiger partial charge on any atom is 0.220 e. The molecule has 2 aliphatic heterocycles. The van der Waals surface area contributed by atoms with Crippen LogP contribution < -0.4 is 5.32 Å². The van der Waals surface area contributed by atoms with Crippen molar-refractivity contribution in [3.05, 3.63) is 85.1 Å². The summed E-state index contributed by atoms with van der Waals surface area (Å²) in [6.07, 6.45) is 54.8. The minimum atomic E-state index is -1.80. The average molecular weight is 1160 g/mol. The van der Waals surface area contributed by atoms with Crippen LogP contribution in [-0.2, 0) is 23.7 Å². The molecule has 12 unspecified atom stereocenters. The molecule has 0 aliphatic carbocycles. The lowest BCUT2D eigenvalue weighted by Gasteiger charge is -2.46. The van der Waals surface area contributed by atoms with Gasteiger partial charge in [0.1, 0.15) is 48.8 Å². The molecular weight excluding hydrogens is 1040 g/mol. The number of carbonyl (C=O) groups is 1. The quantitative estimate of drug-likeness (QED) is 0.0204. The molecule has 2 aliphatic rings. The molecule has 0 aromatic rings. The van der Waals surface area contributed by atoms with Crippen LogP contribution in [0.15, 0.2) is 85.1 Å². The molecule has 2 fully saturated rings. The van der Waals surface area contributed by atoms with Crippen LogP contribution in [0.4, 0.5) is 0 Å². The Bertz CT molecular complexity index is 1700. The second kappa shape index (κ2) is 52.5. The summed E-state index contributed by atoms with van der Waals surface area (Å²) in [5.74, 6) is -0.260. The van der Waals surface area contributed by atoms with Crippen molar-refractivity contribution in [2.45, 2.75) is 319 Å². The van der Waals surface area contributed by atoms with Crippen molar-refractivity contribution in [1.29, 1.82) is 0 Å². The predicted octanol–water partition coefficient (Wildman–Crippen LogP) is 12.4. The molecule has 0 aromatic heterocycles. The van der Waals surface area contributed by atoms with Gasteiger partial charge in [0.15, 0.2) is 12.6 Å². The normalized spacial score (nSPS) is 24.5. The molecule has 0 aromatic carbocycles. The SMILES string of the molecule is CC/C=C\C/C=C\C/C=C\C/C=C\CCCCCCCCCCCCC(=O)NC(COC1OC(CO)C(OC2OC(CO)C(O)C(O)C2O)C(O)C1O)C(O)/C=C/CC/C=C/CC/C=C/CCCCCCCCCCCCCCCCC. The highest BCUT2D eigenvalue weighted by molar-refractivity contribution is 5.76. The summed E-state index contributed by atoms with van der Waals surface area (Å²) in [5.41, 5.74) is 0. The molecule has 2 heterocycles. The van der Waals surface area contributed by atoms with E-state index in [0.717, 1.165) is 77.0 Å². The van der Waals surface area contributed by atoms with Crippen molar-refractivity contribution in [2.75, 3.05) is 19.8 Å². The van der Waals surface area contributed by atoms with E-state index in [-0.39, 0.29) is 18.9 Å². The van der Waals surface area contributed by atoms with Crippen molar-refractivity contribution >= 4 is 5.91 Å². The van der Waals surface area contributed by atoms with Crippen LogP contribution in [0.2, 0.25) is 0 Å². The summed E-state index contributed by atoms with van der Waals surface area (Å²) >= 11 is 0. The molecular formula is C68H119NO13. The molecule has 0 bridgehead atoms. The van der Waals surface area contributed by atoms with Gasteiger partial charge >= 0.3 is 0 Å². The zero-order valence-corrected chi connectivity index (χ0v) is 51.2.